The molecule has 2 fully saturated rings. The quantitative estimate of drug-likeness (QED) is 0.723. The van der Waals surface area contributed by atoms with Crippen LogP contribution in [-0.4, -0.2) is 102 Å². The van der Waals surface area contributed by atoms with Gasteiger partial charge in [0.2, 0.25) is 0 Å². The van der Waals surface area contributed by atoms with Gasteiger partial charge in [0.05, 0.1) is 0 Å². The Bertz CT molecular complexity index is 907. The molecule has 2 aliphatic heterocycles. The average molecular weight is 452 g/mol. The molecule has 2 aromatic heterocycles. The minimum absolute atomic E-state index is 0.199. The summed E-state index contributed by atoms with van der Waals surface area (Å²) in [6, 6.07) is 10.4. The molecular formula is C25H37N7O. The fourth-order valence-electron chi connectivity index (χ4n) is 4.67. The van der Waals surface area contributed by atoms with E-state index in [-0.39, 0.29) is 5.91 Å². The van der Waals surface area contributed by atoms with Crippen LogP contribution >= 0.6 is 0 Å². The van der Waals surface area contributed by atoms with Crippen LogP contribution in [0.3, 0.4) is 0 Å². The van der Waals surface area contributed by atoms with Crippen molar-refractivity contribution in [3.8, 4) is 0 Å². The molecule has 0 bridgehead atoms. The second-order valence-corrected chi connectivity index (χ2v) is 9.44. The van der Waals surface area contributed by atoms with Crippen molar-refractivity contribution in [2.24, 2.45) is 0 Å². The van der Waals surface area contributed by atoms with Crippen LogP contribution in [0, 0.1) is 0 Å². The number of carbonyl (C=O) groups excluding carboxylic acids is 1. The van der Waals surface area contributed by atoms with Gasteiger partial charge in [0.1, 0.15) is 11.5 Å². The summed E-state index contributed by atoms with van der Waals surface area (Å²) in [5.41, 5.74) is 1.15. The summed E-state index contributed by atoms with van der Waals surface area (Å²) in [5, 5.41) is 2.89. The predicted molar refractivity (Wildman–Crippen MR) is 133 cm³/mol. The predicted octanol–water partition coefficient (Wildman–Crippen LogP) is 2.27. The maximum absolute atomic E-state index is 12.7. The van der Waals surface area contributed by atoms with Crippen LogP contribution in [0.1, 0.15) is 30.8 Å². The maximum atomic E-state index is 12.7. The number of rotatable bonds is 6. The molecule has 1 atom stereocenters. The highest BCUT2D eigenvalue weighted by Gasteiger charge is 2.28. The summed E-state index contributed by atoms with van der Waals surface area (Å²) in [6.45, 7) is 13.1. The molecule has 4 rings (SSSR count). The third-order valence-corrected chi connectivity index (χ3v) is 6.83. The average Bonchev–Trinajstić information content (AvgIpc) is 3.07. The van der Waals surface area contributed by atoms with Crippen molar-refractivity contribution in [1.29, 1.82) is 0 Å². The van der Waals surface area contributed by atoms with Crippen LogP contribution in [0.2, 0.25) is 0 Å². The molecule has 0 saturated carbocycles. The number of amides is 1. The Balaban J connectivity index is 1.35. The number of nitrogens with zero attached hydrogens (tertiary/aromatic N) is 6. The Morgan fingerprint density at radius 3 is 2.67 bits per heavy atom. The highest BCUT2D eigenvalue weighted by Crippen LogP contribution is 2.17. The topological polar surface area (TPSA) is 67.8 Å². The van der Waals surface area contributed by atoms with Gasteiger partial charge in [0.15, 0.2) is 0 Å². The number of pyridine rings is 2. The Morgan fingerprint density at radius 2 is 1.88 bits per heavy atom. The zero-order valence-corrected chi connectivity index (χ0v) is 20.2. The Labute approximate surface area is 197 Å². The molecule has 0 aliphatic carbocycles. The normalized spacial score (nSPS) is 21.2. The summed E-state index contributed by atoms with van der Waals surface area (Å²) < 4.78 is 0. The van der Waals surface area contributed by atoms with Crippen molar-refractivity contribution in [2.75, 3.05) is 69.6 Å². The molecule has 1 N–H and O–H groups in total. The molecule has 1 unspecified atom stereocenters. The molecule has 1 amide bonds. The van der Waals surface area contributed by atoms with E-state index in [9.17, 15) is 4.79 Å². The zero-order chi connectivity index (χ0) is 23.2. The SMILES string of the molecule is CC(C)N1CCN(C)C(CN2CCCN(c3cccc(C(=O)Nc4ccncc4)n3)CC2)C1. The van der Waals surface area contributed by atoms with Gasteiger partial charge in [-0.05, 0) is 58.1 Å². The molecule has 178 valence electrons. The van der Waals surface area contributed by atoms with Gasteiger partial charge in [0, 0.05) is 76.0 Å². The molecule has 0 spiro atoms. The first-order valence-electron chi connectivity index (χ1n) is 12.1. The van der Waals surface area contributed by atoms with E-state index >= 15 is 0 Å². The molecule has 2 aliphatic rings. The van der Waals surface area contributed by atoms with Gasteiger partial charge >= 0.3 is 0 Å². The molecule has 0 aromatic carbocycles. The molecule has 4 heterocycles. The lowest BCUT2D eigenvalue weighted by Gasteiger charge is -2.43. The van der Waals surface area contributed by atoms with Crippen molar-refractivity contribution in [3.63, 3.8) is 0 Å². The molecule has 8 nitrogen and oxygen atoms in total. The number of likely N-dealkylation sites (N-methyl/N-ethyl adjacent to an activating group) is 1. The van der Waals surface area contributed by atoms with E-state index in [4.69, 9.17) is 0 Å². The fourth-order valence-corrected chi connectivity index (χ4v) is 4.67. The van der Waals surface area contributed by atoms with Crippen LogP contribution in [0.25, 0.3) is 0 Å². The maximum Gasteiger partial charge on any atom is 0.274 e. The summed E-state index contributed by atoms with van der Waals surface area (Å²) in [5.74, 6) is 0.675. The second kappa shape index (κ2) is 11.0. The van der Waals surface area contributed by atoms with Crippen LogP contribution < -0.4 is 10.2 Å². The van der Waals surface area contributed by atoms with Gasteiger partial charge in [-0.1, -0.05) is 6.07 Å². The summed E-state index contributed by atoms with van der Waals surface area (Å²) in [7, 11) is 2.26. The van der Waals surface area contributed by atoms with Gasteiger partial charge < -0.3 is 10.2 Å². The number of carbonyl (C=O) groups is 1. The smallest absolute Gasteiger partial charge is 0.274 e. The third kappa shape index (κ3) is 6.28. The minimum atomic E-state index is -0.199. The first kappa shape index (κ1) is 23.6. The summed E-state index contributed by atoms with van der Waals surface area (Å²) in [6.07, 6.45) is 4.42. The molecule has 2 aromatic rings. The fraction of sp³-hybridized carbons (Fsp3) is 0.560. The largest absolute Gasteiger partial charge is 0.355 e. The number of hydrogen-bond acceptors (Lipinski definition) is 7. The number of piperazine rings is 1. The van der Waals surface area contributed by atoms with Gasteiger partial charge in [-0.3, -0.25) is 24.5 Å². The van der Waals surface area contributed by atoms with Crippen molar-refractivity contribution < 1.29 is 4.79 Å². The highest BCUT2D eigenvalue weighted by molar-refractivity contribution is 6.03. The molecule has 8 heteroatoms. The van der Waals surface area contributed by atoms with Crippen molar-refractivity contribution >= 4 is 17.4 Å². The van der Waals surface area contributed by atoms with E-state index in [0.717, 1.165) is 70.3 Å². The zero-order valence-electron chi connectivity index (χ0n) is 20.2. The van der Waals surface area contributed by atoms with Crippen LogP contribution in [0.4, 0.5) is 11.5 Å². The number of aromatic nitrogens is 2. The lowest BCUT2D eigenvalue weighted by Crippen LogP contribution is -2.57. The number of nitrogens with one attached hydrogen (secondary N) is 1. The lowest BCUT2D eigenvalue weighted by atomic mass is 10.1. The number of anilines is 2. The Hall–Kier alpha value is -2.55. The first-order valence-corrected chi connectivity index (χ1v) is 12.1. The van der Waals surface area contributed by atoms with E-state index in [2.05, 4.69) is 55.8 Å². The van der Waals surface area contributed by atoms with Crippen LogP contribution in [0.15, 0.2) is 42.7 Å². The summed E-state index contributed by atoms with van der Waals surface area (Å²) in [4.78, 5) is 31.4. The van der Waals surface area contributed by atoms with Gasteiger partial charge in [0.25, 0.3) is 5.91 Å². The molecule has 33 heavy (non-hydrogen) atoms. The van der Waals surface area contributed by atoms with Crippen molar-refractivity contribution in [2.45, 2.75) is 32.4 Å². The van der Waals surface area contributed by atoms with Crippen LogP contribution in [-0.2, 0) is 0 Å². The molecule has 0 radical (unpaired) electrons. The van der Waals surface area contributed by atoms with E-state index in [1.54, 1.807) is 30.6 Å². The van der Waals surface area contributed by atoms with Crippen LogP contribution in [0.5, 0.6) is 0 Å². The first-order chi connectivity index (χ1) is 16.0. The summed E-state index contributed by atoms with van der Waals surface area (Å²) >= 11 is 0. The molecular weight excluding hydrogens is 414 g/mol. The standard InChI is InChI=1S/C25H37N7O/c1-20(2)32-16-14-29(3)22(19-32)18-30-12-5-13-31(17-15-30)24-7-4-6-23(28-24)25(33)27-21-8-10-26-11-9-21/h4,6-11,20,22H,5,12-19H2,1-3H3,(H,26,27,33). The highest BCUT2D eigenvalue weighted by atomic mass is 16.1. The minimum Gasteiger partial charge on any atom is -0.355 e. The third-order valence-electron chi connectivity index (χ3n) is 6.83. The van der Waals surface area contributed by atoms with E-state index in [1.165, 1.54) is 0 Å². The van der Waals surface area contributed by atoms with Gasteiger partial charge in [-0.25, -0.2) is 4.98 Å². The Kier molecular flexibility index (Phi) is 7.90. The monoisotopic (exact) mass is 451 g/mol. The van der Waals surface area contributed by atoms with E-state index in [0.29, 0.717) is 17.8 Å². The van der Waals surface area contributed by atoms with Gasteiger partial charge in [-0.2, -0.15) is 0 Å². The van der Waals surface area contributed by atoms with E-state index < -0.39 is 0 Å². The Morgan fingerprint density at radius 1 is 1.06 bits per heavy atom. The molecule has 2 saturated heterocycles. The number of hydrogen-bond donors (Lipinski definition) is 1. The second-order valence-electron chi connectivity index (χ2n) is 9.44. The lowest BCUT2D eigenvalue weighted by molar-refractivity contribution is 0.0541. The van der Waals surface area contributed by atoms with E-state index in [1.807, 2.05) is 12.1 Å². The van der Waals surface area contributed by atoms with Crippen molar-refractivity contribution in [1.82, 2.24) is 24.7 Å². The van der Waals surface area contributed by atoms with Gasteiger partial charge in [-0.15, -0.1) is 0 Å². The van der Waals surface area contributed by atoms with Crippen molar-refractivity contribution in [3.05, 3.63) is 48.4 Å².